The van der Waals surface area contributed by atoms with Gasteiger partial charge in [0.05, 0.1) is 6.20 Å². The first-order chi connectivity index (χ1) is 12.5. The molecule has 6 heteroatoms. The molecular formula is C20H20FN3OS. The highest BCUT2D eigenvalue weighted by Gasteiger charge is 2.19. The fourth-order valence-corrected chi connectivity index (χ4v) is 3.40. The number of hydrogen-bond donors (Lipinski definition) is 1. The Kier molecular flexibility index (Phi) is 5.42. The number of halogens is 1. The van der Waals surface area contributed by atoms with E-state index in [1.807, 2.05) is 31.4 Å². The molecule has 0 fully saturated rings. The zero-order chi connectivity index (χ0) is 18.7. The number of aromatic nitrogens is 2. The minimum absolute atomic E-state index is 0.244. The molecule has 134 valence electrons. The van der Waals surface area contributed by atoms with Gasteiger partial charge >= 0.3 is 0 Å². The van der Waals surface area contributed by atoms with Crippen molar-refractivity contribution in [2.75, 3.05) is 11.6 Å². The maximum Gasteiger partial charge on any atom is 0.274 e. The van der Waals surface area contributed by atoms with Gasteiger partial charge in [0.2, 0.25) is 0 Å². The van der Waals surface area contributed by atoms with E-state index in [1.54, 1.807) is 22.9 Å². The smallest absolute Gasteiger partial charge is 0.274 e. The molecule has 1 heterocycles. The SMILES string of the molecule is CCc1cccc(C)c1NC(=O)c1cnc(SC)n1-c1ccc(F)cc1. The molecule has 0 aliphatic rings. The van der Waals surface area contributed by atoms with Crippen LogP contribution in [0.1, 0.15) is 28.5 Å². The zero-order valence-corrected chi connectivity index (χ0v) is 15.7. The number of nitrogens with one attached hydrogen (secondary N) is 1. The van der Waals surface area contributed by atoms with E-state index in [1.165, 1.54) is 23.9 Å². The molecule has 4 nitrogen and oxygen atoms in total. The van der Waals surface area contributed by atoms with Crippen molar-refractivity contribution in [1.29, 1.82) is 0 Å². The number of hydrogen-bond acceptors (Lipinski definition) is 3. The summed E-state index contributed by atoms with van der Waals surface area (Å²) in [5.41, 5.74) is 4.02. The molecular weight excluding hydrogens is 349 g/mol. The molecule has 26 heavy (non-hydrogen) atoms. The molecule has 1 amide bonds. The Morgan fingerprint density at radius 3 is 2.62 bits per heavy atom. The summed E-state index contributed by atoms with van der Waals surface area (Å²) in [4.78, 5) is 17.3. The lowest BCUT2D eigenvalue weighted by Crippen LogP contribution is -2.18. The van der Waals surface area contributed by atoms with Gasteiger partial charge in [0.15, 0.2) is 5.16 Å². The second-order valence-electron chi connectivity index (χ2n) is 5.86. The second-order valence-corrected chi connectivity index (χ2v) is 6.63. The molecule has 0 spiro atoms. The Balaban J connectivity index is 2.01. The third-order valence-electron chi connectivity index (χ3n) is 4.21. The highest BCUT2D eigenvalue weighted by atomic mass is 32.2. The first-order valence-electron chi connectivity index (χ1n) is 8.32. The Bertz CT molecular complexity index is 935. The maximum absolute atomic E-state index is 13.3. The van der Waals surface area contributed by atoms with Gasteiger partial charge in [0, 0.05) is 11.4 Å². The Labute approximate surface area is 156 Å². The molecule has 0 saturated heterocycles. The van der Waals surface area contributed by atoms with E-state index in [9.17, 15) is 9.18 Å². The number of thioether (sulfide) groups is 1. The fourth-order valence-electron chi connectivity index (χ4n) is 2.86. The van der Waals surface area contributed by atoms with Gasteiger partial charge in [-0.05, 0) is 55.0 Å². The molecule has 3 aromatic rings. The first kappa shape index (κ1) is 18.2. The highest BCUT2D eigenvalue weighted by molar-refractivity contribution is 7.98. The fraction of sp³-hybridized carbons (Fsp3) is 0.200. The largest absolute Gasteiger partial charge is 0.320 e. The molecule has 0 radical (unpaired) electrons. The van der Waals surface area contributed by atoms with E-state index >= 15 is 0 Å². The van der Waals surface area contributed by atoms with E-state index in [0.29, 0.717) is 16.5 Å². The molecule has 2 aromatic carbocycles. The molecule has 0 bridgehead atoms. The summed E-state index contributed by atoms with van der Waals surface area (Å²) in [6.45, 7) is 4.03. The average molecular weight is 369 g/mol. The topological polar surface area (TPSA) is 46.9 Å². The lowest BCUT2D eigenvalue weighted by atomic mass is 10.1. The van der Waals surface area contributed by atoms with Gasteiger partial charge in [0.1, 0.15) is 11.5 Å². The summed E-state index contributed by atoms with van der Waals surface area (Å²) in [5.74, 6) is -0.566. The van der Waals surface area contributed by atoms with Crippen LogP contribution in [0.25, 0.3) is 5.69 Å². The minimum Gasteiger partial charge on any atom is -0.320 e. The van der Waals surface area contributed by atoms with Gasteiger partial charge in [-0.1, -0.05) is 36.9 Å². The highest BCUT2D eigenvalue weighted by Crippen LogP contribution is 2.25. The van der Waals surface area contributed by atoms with Gasteiger partial charge in [-0.2, -0.15) is 0 Å². The standard InChI is InChI=1S/C20H20FN3OS/c1-4-14-7-5-6-13(2)18(14)23-19(25)17-12-22-20(26-3)24(17)16-10-8-15(21)9-11-16/h5-12H,4H2,1-3H3,(H,23,25). The Morgan fingerprint density at radius 1 is 1.23 bits per heavy atom. The number of carbonyl (C=O) groups excluding carboxylic acids is 1. The van der Waals surface area contributed by atoms with Gasteiger partial charge in [0.25, 0.3) is 5.91 Å². The van der Waals surface area contributed by atoms with Crippen molar-refractivity contribution in [3.05, 3.63) is 71.3 Å². The number of imidazole rings is 1. The van der Waals surface area contributed by atoms with Crippen molar-refractivity contribution in [2.45, 2.75) is 25.4 Å². The summed E-state index contributed by atoms with van der Waals surface area (Å²) < 4.78 is 15.0. The monoisotopic (exact) mass is 369 g/mol. The Hall–Kier alpha value is -2.60. The Morgan fingerprint density at radius 2 is 1.96 bits per heavy atom. The van der Waals surface area contributed by atoms with Crippen LogP contribution in [-0.2, 0) is 6.42 Å². The van der Waals surface area contributed by atoms with E-state index in [-0.39, 0.29) is 11.7 Å². The van der Waals surface area contributed by atoms with Crippen LogP contribution in [0, 0.1) is 12.7 Å². The number of amides is 1. The van der Waals surface area contributed by atoms with Crippen LogP contribution in [0.4, 0.5) is 10.1 Å². The summed E-state index contributed by atoms with van der Waals surface area (Å²) >= 11 is 1.43. The van der Waals surface area contributed by atoms with Gasteiger partial charge in [-0.15, -0.1) is 0 Å². The van der Waals surface area contributed by atoms with Gasteiger partial charge in [-0.25, -0.2) is 9.37 Å². The van der Waals surface area contributed by atoms with Crippen molar-refractivity contribution >= 4 is 23.4 Å². The van der Waals surface area contributed by atoms with Gasteiger partial charge in [-0.3, -0.25) is 9.36 Å². The predicted molar refractivity (Wildman–Crippen MR) is 104 cm³/mol. The van der Waals surface area contributed by atoms with Crippen LogP contribution in [0.2, 0.25) is 0 Å². The predicted octanol–water partition coefficient (Wildman–Crippen LogP) is 4.86. The number of benzene rings is 2. The number of carbonyl (C=O) groups is 1. The van der Waals surface area contributed by atoms with Crippen LogP contribution >= 0.6 is 11.8 Å². The van der Waals surface area contributed by atoms with Crippen molar-refractivity contribution < 1.29 is 9.18 Å². The summed E-state index contributed by atoms with van der Waals surface area (Å²) in [7, 11) is 0. The van der Waals surface area contributed by atoms with E-state index < -0.39 is 0 Å². The summed E-state index contributed by atoms with van der Waals surface area (Å²) in [6.07, 6.45) is 4.26. The van der Waals surface area contributed by atoms with Crippen LogP contribution in [0.5, 0.6) is 0 Å². The molecule has 0 unspecified atom stereocenters. The lowest BCUT2D eigenvalue weighted by Gasteiger charge is -2.15. The normalized spacial score (nSPS) is 10.8. The van der Waals surface area contributed by atoms with Crippen molar-refractivity contribution in [3.8, 4) is 5.69 Å². The molecule has 3 rings (SSSR count). The zero-order valence-electron chi connectivity index (χ0n) is 14.9. The third kappa shape index (κ3) is 3.51. The van der Waals surface area contributed by atoms with Crippen LogP contribution in [0.15, 0.2) is 53.8 Å². The van der Waals surface area contributed by atoms with Crippen LogP contribution in [-0.4, -0.2) is 21.7 Å². The average Bonchev–Trinajstić information content (AvgIpc) is 3.08. The van der Waals surface area contributed by atoms with Crippen molar-refractivity contribution in [1.82, 2.24) is 9.55 Å². The number of para-hydroxylation sites is 1. The van der Waals surface area contributed by atoms with E-state index in [4.69, 9.17) is 0 Å². The lowest BCUT2D eigenvalue weighted by molar-refractivity contribution is 0.102. The number of nitrogens with zero attached hydrogens (tertiary/aromatic N) is 2. The maximum atomic E-state index is 13.3. The van der Waals surface area contributed by atoms with E-state index in [2.05, 4.69) is 17.2 Å². The number of aryl methyl sites for hydroxylation is 2. The van der Waals surface area contributed by atoms with Crippen LogP contribution in [0.3, 0.4) is 0 Å². The second kappa shape index (κ2) is 7.74. The van der Waals surface area contributed by atoms with E-state index in [0.717, 1.165) is 23.2 Å². The quantitative estimate of drug-likeness (QED) is 0.654. The molecule has 1 N–H and O–H groups in total. The number of rotatable bonds is 5. The summed E-state index contributed by atoms with van der Waals surface area (Å²) in [6, 6.07) is 12.0. The van der Waals surface area contributed by atoms with Crippen molar-refractivity contribution in [2.24, 2.45) is 0 Å². The van der Waals surface area contributed by atoms with Crippen LogP contribution < -0.4 is 5.32 Å². The molecule has 0 aliphatic carbocycles. The molecule has 0 aliphatic heterocycles. The molecule has 1 aromatic heterocycles. The first-order valence-corrected chi connectivity index (χ1v) is 9.55. The third-order valence-corrected chi connectivity index (χ3v) is 4.86. The number of anilines is 1. The van der Waals surface area contributed by atoms with Crippen molar-refractivity contribution in [3.63, 3.8) is 0 Å². The summed E-state index contributed by atoms with van der Waals surface area (Å²) in [5, 5.41) is 3.69. The van der Waals surface area contributed by atoms with Gasteiger partial charge < -0.3 is 5.32 Å². The molecule has 0 atom stereocenters. The minimum atomic E-state index is -0.321. The molecule has 0 saturated carbocycles.